The molecule has 0 aliphatic carbocycles. The molecule has 3 nitrogen and oxygen atoms in total. The zero-order chi connectivity index (χ0) is 8.39. The van der Waals surface area contributed by atoms with E-state index in [1.54, 1.807) is 11.3 Å². The molecule has 0 aromatic carbocycles. The molecule has 2 aromatic rings. The van der Waals surface area contributed by atoms with Crippen LogP contribution in [0.4, 0.5) is 0 Å². The van der Waals surface area contributed by atoms with Gasteiger partial charge < -0.3 is 10.7 Å². The Bertz CT molecular complexity index is 350. The Morgan fingerprint density at radius 2 is 2.50 bits per heavy atom. The number of rotatable bonds is 2. The molecule has 0 radical (unpaired) electrons. The molecule has 2 heterocycles. The molecule has 2 rings (SSSR count). The highest BCUT2D eigenvalue weighted by molar-refractivity contribution is 7.08. The quantitative estimate of drug-likeness (QED) is 0.735. The normalized spacial score (nSPS) is 10.4. The van der Waals surface area contributed by atoms with E-state index in [0.717, 1.165) is 11.5 Å². The van der Waals surface area contributed by atoms with E-state index in [9.17, 15) is 0 Å². The number of aromatic amines is 1. The Morgan fingerprint density at radius 3 is 3.08 bits per heavy atom. The van der Waals surface area contributed by atoms with Crippen LogP contribution in [-0.2, 0) is 6.54 Å². The van der Waals surface area contributed by atoms with Crippen LogP contribution in [0.1, 0.15) is 5.82 Å². The first-order chi connectivity index (χ1) is 5.90. The molecule has 0 spiro atoms. The molecule has 0 fully saturated rings. The number of nitrogens with two attached hydrogens (primary N) is 1. The minimum absolute atomic E-state index is 0.462. The van der Waals surface area contributed by atoms with Crippen molar-refractivity contribution in [2.24, 2.45) is 5.73 Å². The predicted octanol–water partition coefficient (Wildman–Crippen LogP) is 1.60. The fraction of sp³-hybridized carbons (Fsp3) is 0.125. The molecule has 3 N–H and O–H groups in total. The van der Waals surface area contributed by atoms with E-state index in [0.29, 0.717) is 6.54 Å². The Balaban J connectivity index is 2.35. The lowest BCUT2D eigenvalue weighted by atomic mass is 10.3. The smallest absolute Gasteiger partial charge is 0.120 e. The van der Waals surface area contributed by atoms with Crippen LogP contribution in [0.25, 0.3) is 11.3 Å². The van der Waals surface area contributed by atoms with Gasteiger partial charge in [0.2, 0.25) is 0 Å². The van der Waals surface area contributed by atoms with Crippen molar-refractivity contribution in [2.45, 2.75) is 6.54 Å². The summed E-state index contributed by atoms with van der Waals surface area (Å²) >= 11 is 1.67. The molecule has 2 aromatic heterocycles. The topological polar surface area (TPSA) is 54.7 Å². The van der Waals surface area contributed by atoms with Crippen molar-refractivity contribution >= 4 is 11.3 Å². The van der Waals surface area contributed by atoms with Crippen molar-refractivity contribution in [3.63, 3.8) is 0 Å². The van der Waals surface area contributed by atoms with Crippen molar-refractivity contribution in [1.29, 1.82) is 0 Å². The van der Waals surface area contributed by atoms with Crippen LogP contribution in [0.3, 0.4) is 0 Å². The molecule has 0 saturated carbocycles. The summed E-state index contributed by atoms with van der Waals surface area (Å²) in [4.78, 5) is 7.25. The maximum absolute atomic E-state index is 5.43. The van der Waals surface area contributed by atoms with Crippen LogP contribution in [0, 0.1) is 0 Å². The van der Waals surface area contributed by atoms with Gasteiger partial charge in [0.15, 0.2) is 0 Å². The largest absolute Gasteiger partial charge is 0.341 e. The van der Waals surface area contributed by atoms with Crippen molar-refractivity contribution < 1.29 is 0 Å². The third-order valence-corrected chi connectivity index (χ3v) is 2.34. The second kappa shape index (κ2) is 3.08. The molecule has 0 bridgehead atoms. The van der Waals surface area contributed by atoms with Gasteiger partial charge in [-0.15, -0.1) is 0 Å². The Labute approximate surface area is 74.3 Å². The average Bonchev–Trinajstić information content (AvgIpc) is 2.75. The third kappa shape index (κ3) is 1.26. The zero-order valence-corrected chi connectivity index (χ0v) is 7.27. The van der Waals surface area contributed by atoms with Gasteiger partial charge in [-0.3, -0.25) is 0 Å². The van der Waals surface area contributed by atoms with Gasteiger partial charge in [-0.05, 0) is 11.4 Å². The summed E-state index contributed by atoms with van der Waals surface area (Å²) in [6.45, 7) is 0.462. The lowest BCUT2D eigenvalue weighted by molar-refractivity contribution is 0.951. The van der Waals surface area contributed by atoms with Crippen LogP contribution >= 0.6 is 11.3 Å². The average molecular weight is 179 g/mol. The fourth-order valence-electron chi connectivity index (χ4n) is 1.03. The van der Waals surface area contributed by atoms with Crippen LogP contribution in [-0.4, -0.2) is 9.97 Å². The highest BCUT2D eigenvalue weighted by atomic mass is 32.1. The van der Waals surface area contributed by atoms with Crippen molar-refractivity contribution in [3.8, 4) is 11.3 Å². The van der Waals surface area contributed by atoms with Crippen LogP contribution < -0.4 is 5.73 Å². The molecule has 0 saturated heterocycles. The summed E-state index contributed by atoms with van der Waals surface area (Å²) in [5.74, 6) is 0.830. The van der Waals surface area contributed by atoms with E-state index in [1.165, 1.54) is 5.56 Å². The van der Waals surface area contributed by atoms with Gasteiger partial charge in [0.25, 0.3) is 0 Å². The fourth-order valence-corrected chi connectivity index (χ4v) is 1.69. The lowest BCUT2D eigenvalue weighted by Gasteiger charge is -1.89. The van der Waals surface area contributed by atoms with E-state index in [4.69, 9.17) is 5.73 Å². The number of nitrogens with zero attached hydrogens (tertiary/aromatic N) is 1. The SMILES string of the molecule is NCc1ncc(-c2ccsc2)[nH]1. The van der Waals surface area contributed by atoms with Gasteiger partial charge in [0.05, 0.1) is 18.4 Å². The second-order valence-corrected chi connectivity index (χ2v) is 3.24. The Kier molecular flexibility index (Phi) is 1.93. The van der Waals surface area contributed by atoms with E-state index in [1.807, 2.05) is 11.6 Å². The summed E-state index contributed by atoms with van der Waals surface area (Å²) < 4.78 is 0. The van der Waals surface area contributed by atoms with E-state index in [2.05, 4.69) is 21.4 Å². The summed E-state index contributed by atoms with van der Waals surface area (Å²) in [6, 6.07) is 2.05. The number of imidazole rings is 1. The molecular formula is C8H9N3S. The molecule has 12 heavy (non-hydrogen) atoms. The van der Waals surface area contributed by atoms with Crippen molar-refractivity contribution in [2.75, 3.05) is 0 Å². The van der Waals surface area contributed by atoms with E-state index in [-0.39, 0.29) is 0 Å². The van der Waals surface area contributed by atoms with Gasteiger partial charge in [0, 0.05) is 10.9 Å². The monoisotopic (exact) mass is 179 g/mol. The number of nitrogens with one attached hydrogen (secondary N) is 1. The number of H-pyrrole nitrogens is 1. The molecule has 4 heteroatoms. The summed E-state index contributed by atoms with van der Waals surface area (Å²) in [6.07, 6.45) is 1.81. The minimum atomic E-state index is 0.462. The van der Waals surface area contributed by atoms with Gasteiger partial charge in [-0.25, -0.2) is 4.98 Å². The molecule has 0 aliphatic rings. The van der Waals surface area contributed by atoms with Crippen molar-refractivity contribution in [1.82, 2.24) is 9.97 Å². The van der Waals surface area contributed by atoms with Gasteiger partial charge >= 0.3 is 0 Å². The van der Waals surface area contributed by atoms with E-state index < -0.39 is 0 Å². The highest BCUT2D eigenvalue weighted by Crippen LogP contribution is 2.19. The molecule has 0 atom stereocenters. The predicted molar refractivity (Wildman–Crippen MR) is 49.8 cm³/mol. The molecule has 0 unspecified atom stereocenters. The number of hydrogen-bond acceptors (Lipinski definition) is 3. The standard InChI is InChI=1S/C8H9N3S/c9-3-8-10-4-7(11-8)6-1-2-12-5-6/h1-2,4-5H,3,9H2,(H,10,11). The molecule has 0 amide bonds. The number of hydrogen-bond donors (Lipinski definition) is 2. The van der Waals surface area contributed by atoms with Gasteiger partial charge in [0.1, 0.15) is 5.82 Å². The molecule has 0 aliphatic heterocycles. The van der Waals surface area contributed by atoms with Gasteiger partial charge in [-0.2, -0.15) is 11.3 Å². The molecular weight excluding hydrogens is 170 g/mol. The highest BCUT2D eigenvalue weighted by Gasteiger charge is 2.00. The summed E-state index contributed by atoms with van der Waals surface area (Å²) in [7, 11) is 0. The Morgan fingerprint density at radius 1 is 1.58 bits per heavy atom. The van der Waals surface area contributed by atoms with E-state index >= 15 is 0 Å². The number of thiophene rings is 1. The minimum Gasteiger partial charge on any atom is -0.341 e. The third-order valence-electron chi connectivity index (χ3n) is 1.65. The van der Waals surface area contributed by atoms with Crippen LogP contribution in [0.15, 0.2) is 23.0 Å². The lowest BCUT2D eigenvalue weighted by Crippen LogP contribution is -1.97. The first kappa shape index (κ1) is 7.52. The van der Waals surface area contributed by atoms with Crippen LogP contribution in [0.5, 0.6) is 0 Å². The maximum atomic E-state index is 5.43. The summed E-state index contributed by atoms with van der Waals surface area (Å²) in [5, 5.41) is 4.12. The summed E-state index contributed by atoms with van der Waals surface area (Å²) in [5.41, 5.74) is 7.64. The second-order valence-electron chi connectivity index (χ2n) is 2.46. The van der Waals surface area contributed by atoms with Gasteiger partial charge in [-0.1, -0.05) is 0 Å². The first-order valence-electron chi connectivity index (χ1n) is 3.66. The molecule has 62 valence electrons. The zero-order valence-electron chi connectivity index (χ0n) is 6.45. The Hall–Kier alpha value is -1.13. The first-order valence-corrected chi connectivity index (χ1v) is 4.61. The van der Waals surface area contributed by atoms with Crippen LogP contribution in [0.2, 0.25) is 0 Å². The maximum Gasteiger partial charge on any atom is 0.120 e. The number of aromatic nitrogens is 2. The van der Waals surface area contributed by atoms with Crippen molar-refractivity contribution in [3.05, 3.63) is 28.8 Å².